The Kier molecular flexibility index (Phi) is 10.8. The van der Waals surface area contributed by atoms with Gasteiger partial charge in [0.15, 0.2) is 0 Å². The number of imidazole rings is 1. The summed E-state index contributed by atoms with van der Waals surface area (Å²) in [6.07, 6.45) is -9.47. The molecule has 3 aromatic carbocycles. The molecule has 0 aliphatic heterocycles. The molecule has 0 spiro atoms. The summed E-state index contributed by atoms with van der Waals surface area (Å²) in [5.74, 6) is 0.328. The molecular weight excluding hydrogens is 615 g/mol. The third-order valence-corrected chi connectivity index (χ3v) is 7.19. The van der Waals surface area contributed by atoms with Crippen molar-refractivity contribution < 1.29 is 35.5 Å². The maximum absolute atomic E-state index is 13.4. The number of anilines is 1. The predicted molar refractivity (Wildman–Crippen MR) is 156 cm³/mol. The van der Waals surface area contributed by atoms with Crippen LogP contribution in [0.1, 0.15) is 35.6 Å². The zero-order chi connectivity index (χ0) is 31.5. The Morgan fingerprint density at radius 1 is 0.909 bits per heavy atom. The number of rotatable bonds is 9. The molecule has 1 aromatic heterocycles. The van der Waals surface area contributed by atoms with Gasteiger partial charge in [-0.1, -0.05) is 24.3 Å². The van der Waals surface area contributed by atoms with Crippen molar-refractivity contribution in [2.24, 2.45) is 0 Å². The van der Waals surface area contributed by atoms with Crippen molar-refractivity contribution in [1.29, 1.82) is 0 Å². The van der Waals surface area contributed by atoms with Crippen molar-refractivity contribution in [3.05, 3.63) is 94.8 Å². The first-order valence-corrected chi connectivity index (χ1v) is 13.3. The van der Waals surface area contributed by atoms with Gasteiger partial charge in [0, 0.05) is 33.2 Å². The predicted octanol–water partition coefficient (Wildman–Crippen LogP) is 7.74. The zero-order valence-electron chi connectivity index (χ0n) is 24.0. The lowest BCUT2D eigenvalue weighted by molar-refractivity contribution is -0.143. The molecule has 4 rings (SSSR count). The van der Waals surface area contributed by atoms with Crippen LogP contribution in [-0.2, 0) is 25.4 Å². The second-order valence-corrected chi connectivity index (χ2v) is 10.4. The SMILES string of the molecule is CC(CCN(C)C(=O)NCc1cc(C(F)(F)F)cc(C(F)(F)F)c1)N(C)c1nc2ccccc2n1Cc1ccc(F)cc1.Cl. The smallest absolute Gasteiger partial charge is 0.343 e. The van der Waals surface area contributed by atoms with E-state index in [4.69, 9.17) is 4.98 Å². The molecule has 1 unspecified atom stereocenters. The van der Waals surface area contributed by atoms with E-state index in [1.54, 1.807) is 12.1 Å². The van der Waals surface area contributed by atoms with Crippen molar-refractivity contribution >= 4 is 35.4 Å². The standard InChI is InChI=1S/C30H30F7N5O.ClH/c1-19(41(3)27-39-25-6-4-5-7-26(25)42(27)18-20-8-10-24(31)11-9-20)12-13-40(2)28(43)38-17-21-14-22(29(32,33)34)16-23(15-21)30(35,36)37;/h4-11,14-16,19H,12-13,17-18H2,1-3H3,(H,38,43);1H. The van der Waals surface area contributed by atoms with Crippen molar-refractivity contribution in [3.63, 3.8) is 0 Å². The molecule has 0 saturated carbocycles. The number of nitrogens with zero attached hydrogens (tertiary/aromatic N) is 4. The first kappa shape index (κ1) is 34.5. The first-order valence-electron chi connectivity index (χ1n) is 13.3. The number of urea groups is 1. The Morgan fingerprint density at radius 3 is 2.09 bits per heavy atom. The molecule has 6 nitrogen and oxygen atoms in total. The van der Waals surface area contributed by atoms with Gasteiger partial charge in [0.25, 0.3) is 0 Å². The zero-order valence-corrected chi connectivity index (χ0v) is 24.8. The van der Waals surface area contributed by atoms with Gasteiger partial charge in [-0.15, -0.1) is 12.4 Å². The third kappa shape index (κ3) is 8.34. The number of benzene rings is 3. The molecule has 0 aliphatic rings. The number of fused-ring (bicyclic) bond motifs is 1. The van der Waals surface area contributed by atoms with Crippen LogP contribution in [0.4, 0.5) is 41.5 Å². The van der Waals surface area contributed by atoms with E-state index in [1.807, 2.05) is 47.7 Å². The van der Waals surface area contributed by atoms with Crippen LogP contribution >= 0.6 is 12.4 Å². The summed E-state index contributed by atoms with van der Waals surface area (Å²) in [4.78, 5) is 20.7. The van der Waals surface area contributed by atoms with E-state index < -0.39 is 36.1 Å². The van der Waals surface area contributed by atoms with Gasteiger partial charge in [0.1, 0.15) is 5.82 Å². The molecular formula is C30H31ClF7N5O. The van der Waals surface area contributed by atoms with Crippen LogP contribution in [0.5, 0.6) is 0 Å². The van der Waals surface area contributed by atoms with Gasteiger partial charge >= 0.3 is 18.4 Å². The summed E-state index contributed by atoms with van der Waals surface area (Å²) in [7, 11) is 3.35. The highest BCUT2D eigenvalue weighted by molar-refractivity contribution is 5.85. The number of aromatic nitrogens is 2. The van der Waals surface area contributed by atoms with Crippen molar-refractivity contribution in [2.75, 3.05) is 25.5 Å². The van der Waals surface area contributed by atoms with Gasteiger partial charge in [-0.25, -0.2) is 14.2 Å². The third-order valence-electron chi connectivity index (χ3n) is 7.19. The Morgan fingerprint density at radius 2 is 1.50 bits per heavy atom. The number of halogens is 8. The van der Waals surface area contributed by atoms with Gasteiger partial charge in [-0.05, 0) is 66.9 Å². The number of carbonyl (C=O) groups excluding carboxylic acids is 1. The average molecular weight is 646 g/mol. The lowest BCUT2D eigenvalue weighted by atomic mass is 10.0. The second kappa shape index (κ2) is 13.7. The molecule has 1 N–H and O–H groups in total. The lowest BCUT2D eigenvalue weighted by Gasteiger charge is -2.28. The normalized spacial score (nSPS) is 12.5. The summed E-state index contributed by atoms with van der Waals surface area (Å²) in [5.41, 5.74) is -0.660. The molecule has 0 fully saturated rings. The van der Waals surface area contributed by atoms with Crippen molar-refractivity contribution in [3.8, 4) is 0 Å². The molecule has 4 aromatic rings. The highest BCUT2D eigenvalue weighted by Crippen LogP contribution is 2.36. The van der Waals surface area contributed by atoms with Gasteiger partial charge in [0.2, 0.25) is 5.95 Å². The van der Waals surface area contributed by atoms with Crippen LogP contribution in [0.25, 0.3) is 11.0 Å². The minimum atomic E-state index is -4.97. The minimum Gasteiger partial charge on any atom is -0.343 e. The van der Waals surface area contributed by atoms with E-state index in [0.29, 0.717) is 31.0 Å². The molecule has 1 heterocycles. The molecule has 1 atom stereocenters. The highest BCUT2D eigenvalue weighted by atomic mass is 35.5. The minimum absolute atomic E-state index is 0. The van der Waals surface area contributed by atoms with E-state index in [-0.39, 0.29) is 42.4 Å². The number of amides is 2. The Balaban J connectivity index is 0.00000529. The first-order chi connectivity index (χ1) is 20.1. The second-order valence-electron chi connectivity index (χ2n) is 10.4. The molecule has 14 heteroatoms. The van der Waals surface area contributed by atoms with E-state index >= 15 is 0 Å². The molecule has 0 radical (unpaired) electrons. The summed E-state index contributed by atoms with van der Waals surface area (Å²) < 4.78 is 94.4. The molecule has 0 aliphatic carbocycles. The number of hydrogen-bond donors (Lipinski definition) is 1. The van der Waals surface area contributed by atoms with E-state index in [9.17, 15) is 35.5 Å². The van der Waals surface area contributed by atoms with Crippen LogP contribution < -0.4 is 10.2 Å². The van der Waals surface area contributed by atoms with Crippen LogP contribution in [0.2, 0.25) is 0 Å². The van der Waals surface area contributed by atoms with E-state index in [2.05, 4.69) is 5.32 Å². The monoisotopic (exact) mass is 645 g/mol. The fourth-order valence-corrected chi connectivity index (χ4v) is 4.57. The van der Waals surface area contributed by atoms with Crippen LogP contribution in [0.15, 0.2) is 66.7 Å². The number of hydrogen-bond acceptors (Lipinski definition) is 3. The van der Waals surface area contributed by atoms with Gasteiger partial charge in [0.05, 0.1) is 28.7 Å². The lowest BCUT2D eigenvalue weighted by Crippen LogP contribution is -2.40. The maximum Gasteiger partial charge on any atom is 0.416 e. The van der Waals surface area contributed by atoms with E-state index in [0.717, 1.165) is 16.6 Å². The fraction of sp³-hybridized carbons (Fsp3) is 0.333. The van der Waals surface area contributed by atoms with Crippen molar-refractivity contribution in [1.82, 2.24) is 19.8 Å². The average Bonchev–Trinajstić information content (AvgIpc) is 3.32. The molecule has 2 amide bonds. The molecule has 238 valence electrons. The van der Waals surface area contributed by atoms with Crippen LogP contribution in [0, 0.1) is 5.82 Å². The van der Waals surface area contributed by atoms with Gasteiger partial charge in [-0.3, -0.25) is 0 Å². The largest absolute Gasteiger partial charge is 0.416 e. The highest BCUT2D eigenvalue weighted by Gasteiger charge is 2.37. The summed E-state index contributed by atoms with van der Waals surface area (Å²) in [5, 5.41) is 2.39. The number of para-hydroxylation sites is 2. The summed E-state index contributed by atoms with van der Waals surface area (Å²) in [6, 6.07) is 14.2. The molecule has 0 saturated heterocycles. The van der Waals surface area contributed by atoms with Crippen molar-refractivity contribution in [2.45, 2.75) is 44.8 Å². The number of nitrogens with one attached hydrogen (secondary N) is 1. The Hall–Kier alpha value is -4.00. The summed E-state index contributed by atoms with van der Waals surface area (Å²) in [6.45, 7) is 2.11. The maximum atomic E-state index is 13.4. The van der Waals surface area contributed by atoms with Crippen LogP contribution in [-0.4, -0.2) is 47.2 Å². The van der Waals surface area contributed by atoms with Gasteiger partial charge in [-0.2, -0.15) is 26.3 Å². The quantitative estimate of drug-likeness (QED) is 0.190. The topological polar surface area (TPSA) is 53.4 Å². The molecule has 44 heavy (non-hydrogen) atoms. The van der Waals surface area contributed by atoms with Gasteiger partial charge < -0.3 is 19.7 Å². The Labute approximate surface area is 255 Å². The fourth-order valence-electron chi connectivity index (χ4n) is 4.57. The number of carbonyl (C=O) groups is 1. The Bertz CT molecular complexity index is 1540. The van der Waals surface area contributed by atoms with E-state index in [1.165, 1.54) is 24.1 Å². The van der Waals surface area contributed by atoms with Crippen LogP contribution in [0.3, 0.4) is 0 Å². The number of alkyl halides is 6. The summed E-state index contributed by atoms with van der Waals surface area (Å²) >= 11 is 0. The molecule has 0 bridgehead atoms.